The van der Waals surface area contributed by atoms with E-state index < -0.39 is 5.54 Å². The number of hydroxylamine groups is 1. The SMILES string of the molecule is CC(C)(C)/[N+]([O-])=C/c1ccc[n+]([O-])c1. The zero-order valence-electron chi connectivity index (χ0n) is 8.60. The van der Waals surface area contributed by atoms with Crippen molar-refractivity contribution >= 4 is 6.21 Å². The van der Waals surface area contributed by atoms with Gasteiger partial charge >= 0.3 is 0 Å². The molecule has 0 fully saturated rings. The first-order valence-electron chi connectivity index (χ1n) is 4.40. The van der Waals surface area contributed by atoms with Gasteiger partial charge in [-0.15, -0.1) is 0 Å². The fraction of sp³-hybridized carbons (Fsp3) is 0.400. The van der Waals surface area contributed by atoms with Gasteiger partial charge in [-0.25, -0.2) is 4.74 Å². The summed E-state index contributed by atoms with van der Waals surface area (Å²) < 4.78 is 1.50. The molecule has 14 heavy (non-hydrogen) atoms. The van der Waals surface area contributed by atoms with Crippen LogP contribution in [-0.4, -0.2) is 16.5 Å². The number of rotatable bonds is 1. The number of hydrogen-bond donors (Lipinski definition) is 0. The van der Waals surface area contributed by atoms with Gasteiger partial charge in [0.2, 0.25) is 0 Å². The highest BCUT2D eigenvalue weighted by molar-refractivity contribution is 5.74. The molecular weight excluding hydrogens is 180 g/mol. The maximum atomic E-state index is 11.5. The molecule has 0 saturated carbocycles. The van der Waals surface area contributed by atoms with Crippen LogP contribution in [-0.2, 0) is 0 Å². The van der Waals surface area contributed by atoms with E-state index in [1.807, 2.05) is 20.8 Å². The maximum absolute atomic E-state index is 11.5. The van der Waals surface area contributed by atoms with Gasteiger partial charge in [-0.1, -0.05) is 0 Å². The van der Waals surface area contributed by atoms with Crippen LogP contribution in [0.5, 0.6) is 0 Å². The summed E-state index contributed by atoms with van der Waals surface area (Å²) in [4.78, 5) is 0. The van der Waals surface area contributed by atoms with Crippen LogP contribution in [0, 0.1) is 10.4 Å². The van der Waals surface area contributed by atoms with Crippen molar-refractivity contribution in [2.75, 3.05) is 0 Å². The van der Waals surface area contributed by atoms with E-state index >= 15 is 0 Å². The second-order valence-corrected chi connectivity index (χ2v) is 4.12. The molecule has 0 amide bonds. The molecule has 0 N–H and O–H groups in total. The van der Waals surface area contributed by atoms with Gasteiger partial charge in [-0.2, -0.15) is 4.73 Å². The van der Waals surface area contributed by atoms with E-state index in [0.717, 1.165) is 4.74 Å². The van der Waals surface area contributed by atoms with E-state index in [0.29, 0.717) is 10.3 Å². The number of hydrogen-bond acceptors (Lipinski definition) is 2. The van der Waals surface area contributed by atoms with Crippen LogP contribution < -0.4 is 4.73 Å². The Morgan fingerprint density at radius 1 is 1.43 bits per heavy atom. The van der Waals surface area contributed by atoms with Crippen molar-refractivity contribution in [2.45, 2.75) is 26.3 Å². The molecule has 0 aromatic carbocycles. The normalized spacial score (nSPS) is 12.9. The monoisotopic (exact) mass is 194 g/mol. The molecular formula is C10H14N2O2. The van der Waals surface area contributed by atoms with Crippen molar-refractivity contribution in [3.05, 3.63) is 40.5 Å². The van der Waals surface area contributed by atoms with Crippen LogP contribution in [0.2, 0.25) is 0 Å². The van der Waals surface area contributed by atoms with E-state index in [1.165, 1.54) is 18.6 Å². The Labute approximate surface area is 83.3 Å². The Kier molecular flexibility index (Phi) is 2.74. The predicted molar refractivity (Wildman–Crippen MR) is 53.9 cm³/mol. The highest BCUT2D eigenvalue weighted by Gasteiger charge is 2.18. The lowest BCUT2D eigenvalue weighted by molar-refractivity contribution is -0.605. The summed E-state index contributed by atoms with van der Waals surface area (Å²) >= 11 is 0. The molecule has 4 nitrogen and oxygen atoms in total. The smallest absolute Gasteiger partial charge is 0.193 e. The van der Waals surface area contributed by atoms with Crippen LogP contribution in [0.3, 0.4) is 0 Å². The molecule has 0 unspecified atom stereocenters. The first-order valence-corrected chi connectivity index (χ1v) is 4.40. The third-order valence-corrected chi connectivity index (χ3v) is 1.73. The van der Waals surface area contributed by atoms with Crippen LogP contribution in [0.15, 0.2) is 24.5 Å². The molecule has 76 valence electrons. The van der Waals surface area contributed by atoms with Gasteiger partial charge in [0.05, 0.1) is 0 Å². The summed E-state index contributed by atoms with van der Waals surface area (Å²) in [5.74, 6) is 0. The van der Waals surface area contributed by atoms with Gasteiger partial charge in [0.25, 0.3) is 0 Å². The molecule has 0 saturated heterocycles. The van der Waals surface area contributed by atoms with Crippen LogP contribution >= 0.6 is 0 Å². The van der Waals surface area contributed by atoms with Crippen molar-refractivity contribution in [1.82, 2.24) is 0 Å². The average Bonchev–Trinajstić information content (AvgIpc) is 2.02. The van der Waals surface area contributed by atoms with Gasteiger partial charge in [0, 0.05) is 26.8 Å². The van der Waals surface area contributed by atoms with Gasteiger partial charge < -0.3 is 10.4 Å². The molecule has 1 heterocycles. The lowest BCUT2D eigenvalue weighted by Gasteiger charge is -2.18. The fourth-order valence-corrected chi connectivity index (χ4v) is 0.877. The van der Waals surface area contributed by atoms with Crippen molar-refractivity contribution in [3.63, 3.8) is 0 Å². The number of nitrogens with zero attached hydrogens (tertiary/aromatic N) is 2. The first-order chi connectivity index (χ1) is 6.39. The second kappa shape index (κ2) is 3.65. The molecule has 1 aromatic rings. The van der Waals surface area contributed by atoms with Crippen molar-refractivity contribution in [1.29, 1.82) is 0 Å². The van der Waals surface area contributed by atoms with Gasteiger partial charge in [0.15, 0.2) is 24.1 Å². The number of pyridine rings is 1. The van der Waals surface area contributed by atoms with Gasteiger partial charge in [-0.05, 0) is 6.07 Å². The third kappa shape index (κ3) is 2.73. The van der Waals surface area contributed by atoms with E-state index in [2.05, 4.69) is 0 Å². The van der Waals surface area contributed by atoms with Crippen molar-refractivity contribution < 1.29 is 9.47 Å². The Morgan fingerprint density at radius 2 is 2.07 bits per heavy atom. The largest absolute Gasteiger partial charge is 0.623 e. The second-order valence-electron chi connectivity index (χ2n) is 4.12. The Hall–Kier alpha value is -1.58. The summed E-state index contributed by atoms with van der Waals surface area (Å²) in [5.41, 5.74) is 0.122. The Balaban J connectivity index is 2.98. The molecule has 0 spiro atoms. The van der Waals surface area contributed by atoms with E-state index in [4.69, 9.17) is 0 Å². The summed E-state index contributed by atoms with van der Waals surface area (Å²) in [5, 5.41) is 22.4. The maximum Gasteiger partial charge on any atom is 0.193 e. The molecule has 0 aliphatic carbocycles. The molecule has 0 bridgehead atoms. The zero-order chi connectivity index (χ0) is 10.8. The minimum absolute atomic E-state index is 0.483. The summed E-state index contributed by atoms with van der Waals surface area (Å²) in [6.45, 7) is 5.43. The summed E-state index contributed by atoms with van der Waals surface area (Å²) in [7, 11) is 0. The third-order valence-electron chi connectivity index (χ3n) is 1.73. The molecule has 1 rings (SSSR count). The standard InChI is InChI=1S/C10H14N2O2/c1-10(2,3)12(14)8-9-5-4-6-11(13)7-9/h4-8H,1-3H3/b12-8-. The van der Waals surface area contributed by atoms with Crippen LogP contribution in [0.4, 0.5) is 0 Å². The Morgan fingerprint density at radius 3 is 2.57 bits per heavy atom. The van der Waals surface area contributed by atoms with Crippen molar-refractivity contribution in [2.24, 2.45) is 0 Å². The molecule has 0 aliphatic rings. The Bertz CT molecular complexity index is 353. The van der Waals surface area contributed by atoms with Gasteiger partial charge in [0.1, 0.15) is 5.56 Å². The van der Waals surface area contributed by atoms with Crippen LogP contribution in [0.1, 0.15) is 26.3 Å². The minimum atomic E-state index is -0.483. The minimum Gasteiger partial charge on any atom is -0.623 e. The van der Waals surface area contributed by atoms with E-state index in [9.17, 15) is 10.4 Å². The lowest BCUT2D eigenvalue weighted by Crippen LogP contribution is -2.30. The fourth-order valence-electron chi connectivity index (χ4n) is 0.877. The highest BCUT2D eigenvalue weighted by atomic mass is 16.5. The number of aromatic nitrogens is 1. The topological polar surface area (TPSA) is 53.0 Å². The predicted octanol–water partition coefficient (Wildman–Crippen LogP) is 1.05. The summed E-state index contributed by atoms with van der Waals surface area (Å²) in [6.07, 6.45) is 4.15. The van der Waals surface area contributed by atoms with Crippen molar-refractivity contribution in [3.8, 4) is 0 Å². The van der Waals surface area contributed by atoms with Crippen LogP contribution in [0.25, 0.3) is 0 Å². The molecule has 0 aliphatic heterocycles. The van der Waals surface area contributed by atoms with E-state index in [1.54, 1.807) is 12.1 Å². The van der Waals surface area contributed by atoms with E-state index in [-0.39, 0.29) is 0 Å². The average molecular weight is 194 g/mol. The summed E-state index contributed by atoms with van der Waals surface area (Å²) in [6, 6.07) is 3.32. The molecule has 0 radical (unpaired) electrons. The first kappa shape index (κ1) is 10.5. The lowest BCUT2D eigenvalue weighted by atomic mass is 10.1. The quantitative estimate of drug-likeness (QED) is 0.290. The molecule has 1 aromatic heterocycles. The van der Waals surface area contributed by atoms with Gasteiger partial charge in [-0.3, -0.25) is 0 Å². The molecule has 4 heteroatoms. The highest BCUT2D eigenvalue weighted by Crippen LogP contribution is 2.05. The zero-order valence-corrected chi connectivity index (χ0v) is 8.60. The molecule has 0 atom stereocenters.